The van der Waals surface area contributed by atoms with Gasteiger partial charge in [0.2, 0.25) is 0 Å². The molecule has 1 aliphatic heterocycles. The van der Waals surface area contributed by atoms with Gasteiger partial charge in [-0.2, -0.15) is 6.07 Å². The van der Waals surface area contributed by atoms with E-state index in [2.05, 4.69) is 11.4 Å². The third-order valence-corrected chi connectivity index (χ3v) is 3.77. The maximum atomic E-state index is 5.87. The molecule has 2 rings (SSSR count). The number of hydrogen-bond donors (Lipinski definition) is 0. The molecule has 1 aromatic heterocycles. The van der Waals surface area contributed by atoms with Gasteiger partial charge in [-0.1, -0.05) is 12.8 Å². The molecule has 1 atom stereocenters. The minimum absolute atomic E-state index is 0. The Morgan fingerprint density at radius 2 is 2.47 bits per heavy atom. The fourth-order valence-electron chi connectivity index (χ4n) is 2.09. The van der Waals surface area contributed by atoms with Gasteiger partial charge in [0, 0.05) is 32.7 Å². The van der Waals surface area contributed by atoms with Crippen LogP contribution in [0.4, 0.5) is 0 Å². The molecule has 0 spiro atoms. The van der Waals surface area contributed by atoms with Gasteiger partial charge in [-0.25, -0.2) is 6.07 Å². The maximum Gasteiger partial charge on any atom is 0.182 e. The van der Waals surface area contributed by atoms with Gasteiger partial charge in [-0.05, 0) is 31.8 Å². The van der Waals surface area contributed by atoms with Gasteiger partial charge >= 0.3 is 0 Å². The van der Waals surface area contributed by atoms with E-state index in [0.29, 0.717) is 6.04 Å². The summed E-state index contributed by atoms with van der Waals surface area (Å²) in [5.41, 5.74) is 0. The molecule has 3 radical (unpaired) electrons. The average molecular weight is 293 g/mol. The van der Waals surface area contributed by atoms with Crippen LogP contribution in [0, 0.1) is 5.38 Å². The van der Waals surface area contributed by atoms with Crippen molar-refractivity contribution in [2.24, 2.45) is 0 Å². The second kappa shape index (κ2) is 7.21. The standard InChI is InChI=1S/C11H15BNS.Y/c12-13-8-2-5-10(13)4-1-6-11-7-3-9-14-11;/h3,7,10H,1-2,4-6,8H2;/q-1;. The monoisotopic (exact) mass is 293 g/mol. The van der Waals surface area contributed by atoms with E-state index in [4.69, 9.17) is 7.98 Å². The first-order valence-electron chi connectivity index (χ1n) is 5.32. The molecular weight excluding hydrogens is 278 g/mol. The zero-order chi connectivity index (χ0) is 9.80. The number of nitrogens with zero attached hydrogens (tertiary/aromatic N) is 1. The molecule has 1 saturated heterocycles. The zero-order valence-corrected chi connectivity index (χ0v) is 12.6. The van der Waals surface area contributed by atoms with Gasteiger partial charge in [-0.15, -0.1) is 10.3 Å². The molecule has 0 aliphatic carbocycles. The Hall–Kier alpha value is 0.829. The molecule has 0 N–H and O–H groups in total. The first-order chi connectivity index (χ1) is 6.86. The Kier molecular flexibility index (Phi) is 6.68. The van der Waals surface area contributed by atoms with Crippen LogP contribution in [0.3, 0.4) is 0 Å². The molecule has 77 valence electrons. The summed E-state index contributed by atoms with van der Waals surface area (Å²) in [5, 5.41) is 3.12. The quantitative estimate of drug-likeness (QED) is 0.609. The van der Waals surface area contributed by atoms with Gasteiger partial charge < -0.3 is 16.1 Å². The second-order valence-electron chi connectivity index (χ2n) is 3.95. The molecule has 1 nitrogen and oxygen atoms in total. The Morgan fingerprint density at radius 3 is 3.07 bits per heavy atom. The first-order valence-corrected chi connectivity index (χ1v) is 6.14. The largest absolute Gasteiger partial charge is 0.351 e. The van der Waals surface area contributed by atoms with Crippen LogP contribution in [-0.4, -0.2) is 25.4 Å². The summed E-state index contributed by atoms with van der Waals surface area (Å²) in [6.07, 6.45) is 6.25. The topological polar surface area (TPSA) is 3.24 Å². The third kappa shape index (κ3) is 4.30. The Balaban J connectivity index is 0.00000112. The summed E-state index contributed by atoms with van der Waals surface area (Å²) in [6.45, 7) is 1.08. The average Bonchev–Trinajstić information content (AvgIpc) is 2.78. The van der Waals surface area contributed by atoms with Crippen molar-refractivity contribution in [3.63, 3.8) is 0 Å². The van der Waals surface area contributed by atoms with Crippen molar-refractivity contribution in [2.45, 2.75) is 38.1 Å². The summed E-state index contributed by atoms with van der Waals surface area (Å²) >= 11 is 1.74. The van der Waals surface area contributed by atoms with Crippen LogP contribution in [0.15, 0.2) is 12.1 Å². The van der Waals surface area contributed by atoms with E-state index < -0.39 is 0 Å². The predicted molar refractivity (Wildman–Crippen MR) is 61.6 cm³/mol. The van der Waals surface area contributed by atoms with Crippen LogP contribution in [0.1, 0.15) is 30.6 Å². The van der Waals surface area contributed by atoms with Gasteiger partial charge in [-0.3, -0.25) is 0 Å². The van der Waals surface area contributed by atoms with Gasteiger partial charge in [0.25, 0.3) is 0 Å². The van der Waals surface area contributed by atoms with E-state index in [1.54, 1.807) is 11.3 Å². The Labute approximate surface area is 123 Å². The zero-order valence-electron chi connectivity index (χ0n) is 8.98. The number of rotatable bonds is 4. The Morgan fingerprint density at radius 1 is 1.60 bits per heavy atom. The summed E-state index contributed by atoms with van der Waals surface area (Å²) in [6, 6.07) is 4.81. The van der Waals surface area contributed by atoms with Crippen molar-refractivity contribution < 1.29 is 32.7 Å². The minimum atomic E-state index is 0. The third-order valence-electron chi connectivity index (χ3n) is 2.91. The van der Waals surface area contributed by atoms with Crippen LogP contribution in [0.25, 0.3) is 0 Å². The molecule has 0 aromatic carbocycles. The van der Waals surface area contributed by atoms with E-state index in [1.807, 2.05) is 10.9 Å². The second-order valence-corrected chi connectivity index (χ2v) is 4.91. The number of aryl methyl sites for hydroxylation is 1. The molecule has 1 fully saturated rings. The Bertz CT molecular complexity index is 266. The first kappa shape index (κ1) is 13.9. The molecule has 4 heteroatoms. The normalized spacial score (nSPS) is 21.5. The summed E-state index contributed by atoms with van der Waals surface area (Å²) in [5.74, 6) is 0. The van der Waals surface area contributed by atoms with Crippen molar-refractivity contribution in [3.05, 3.63) is 22.4 Å². The summed E-state index contributed by atoms with van der Waals surface area (Å²) in [4.78, 5) is 3.46. The van der Waals surface area contributed by atoms with Crippen molar-refractivity contribution in [1.29, 1.82) is 0 Å². The SMILES string of the molecule is [B]N1CCCC1CCCc1cc[c-]s1.[Y]. The van der Waals surface area contributed by atoms with E-state index in [9.17, 15) is 0 Å². The van der Waals surface area contributed by atoms with Gasteiger partial charge in [0.05, 0.1) is 0 Å². The fourth-order valence-corrected chi connectivity index (χ4v) is 2.75. The molecule has 0 saturated carbocycles. The van der Waals surface area contributed by atoms with Crippen LogP contribution in [-0.2, 0) is 39.1 Å². The van der Waals surface area contributed by atoms with Crippen LogP contribution < -0.4 is 0 Å². The molecule has 1 aromatic rings. The summed E-state index contributed by atoms with van der Waals surface area (Å²) < 4.78 is 0. The van der Waals surface area contributed by atoms with E-state index in [1.165, 1.54) is 37.0 Å². The molecule has 15 heavy (non-hydrogen) atoms. The minimum Gasteiger partial charge on any atom is -0.351 e. The van der Waals surface area contributed by atoms with E-state index >= 15 is 0 Å². The van der Waals surface area contributed by atoms with Gasteiger partial charge in [0.1, 0.15) is 0 Å². The van der Waals surface area contributed by atoms with Crippen molar-refractivity contribution in [3.8, 4) is 0 Å². The number of hydrogen-bond acceptors (Lipinski definition) is 2. The molecule has 1 unspecified atom stereocenters. The van der Waals surface area contributed by atoms with Crippen molar-refractivity contribution in [1.82, 2.24) is 4.81 Å². The predicted octanol–water partition coefficient (Wildman–Crippen LogP) is 2.42. The molecule has 1 aliphatic rings. The van der Waals surface area contributed by atoms with E-state index in [-0.39, 0.29) is 32.7 Å². The smallest absolute Gasteiger partial charge is 0.182 e. The number of thiophene rings is 1. The molecule has 2 heterocycles. The fraction of sp³-hybridized carbons (Fsp3) is 0.636. The van der Waals surface area contributed by atoms with Crippen LogP contribution in [0.2, 0.25) is 0 Å². The van der Waals surface area contributed by atoms with Crippen molar-refractivity contribution in [2.75, 3.05) is 6.54 Å². The summed E-state index contributed by atoms with van der Waals surface area (Å²) in [7, 11) is 5.87. The van der Waals surface area contributed by atoms with Crippen LogP contribution in [0.5, 0.6) is 0 Å². The molecular formula is C11H15BNSY-. The molecule has 0 bridgehead atoms. The van der Waals surface area contributed by atoms with Crippen LogP contribution >= 0.6 is 11.3 Å². The van der Waals surface area contributed by atoms with E-state index in [0.717, 1.165) is 6.54 Å². The maximum absolute atomic E-state index is 5.87. The molecule has 0 amide bonds. The van der Waals surface area contributed by atoms with Gasteiger partial charge in [0.15, 0.2) is 7.98 Å². The van der Waals surface area contributed by atoms with Crippen molar-refractivity contribution >= 4 is 19.3 Å².